The lowest BCUT2D eigenvalue weighted by Gasteiger charge is -2.12. The molecule has 1 aliphatic rings. The van der Waals surface area contributed by atoms with Gasteiger partial charge >= 0.3 is 6.18 Å². The molecule has 1 heterocycles. The number of carbonyl (C=O) groups is 1. The van der Waals surface area contributed by atoms with Crippen molar-refractivity contribution in [3.63, 3.8) is 0 Å². The van der Waals surface area contributed by atoms with Crippen LogP contribution in [0.1, 0.15) is 29.0 Å². The van der Waals surface area contributed by atoms with Crippen molar-refractivity contribution in [1.29, 1.82) is 0 Å². The molecule has 0 saturated heterocycles. The lowest BCUT2D eigenvalue weighted by Crippen LogP contribution is -2.16. The highest BCUT2D eigenvalue weighted by Crippen LogP contribution is 2.51. The molecule has 0 spiro atoms. The monoisotopic (exact) mass is 320 g/mol. The molecule has 0 aliphatic heterocycles. The minimum absolute atomic E-state index is 0.192. The van der Waals surface area contributed by atoms with E-state index in [1.807, 2.05) is 13.0 Å². The summed E-state index contributed by atoms with van der Waals surface area (Å²) in [5.74, 6) is -0.710. The second kappa shape index (κ2) is 5.68. The first-order valence-corrected chi connectivity index (χ1v) is 7.26. The summed E-state index contributed by atoms with van der Waals surface area (Å²) in [6.07, 6.45) is -2.36. The quantitative estimate of drug-likeness (QED) is 0.923. The zero-order valence-corrected chi connectivity index (χ0v) is 12.4. The Balaban J connectivity index is 1.72. The molecule has 1 saturated carbocycles. The summed E-state index contributed by atoms with van der Waals surface area (Å²) in [5, 5.41) is 2.66. The predicted molar refractivity (Wildman–Crippen MR) is 79.9 cm³/mol. The second-order valence-corrected chi connectivity index (χ2v) is 5.74. The van der Waals surface area contributed by atoms with Crippen LogP contribution in [0.5, 0.6) is 0 Å². The molecule has 1 aliphatic carbocycles. The highest BCUT2D eigenvalue weighted by Gasteiger charge is 2.47. The number of nitrogens with one attached hydrogen (secondary N) is 1. The second-order valence-electron chi connectivity index (χ2n) is 5.74. The number of carbonyl (C=O) groups excluding carboxylic acids is 1. The first kappa shape index (κ1) is 15.5. The third-order valence-corrected chi connectivity index (χ3v) is 3.96. The minimum Gasteiger partial charge on any atom is -0.310 e. The molecule has 1 aromatic heterocycles. The van der Waals surface area contributed by atoms with Crippen LogP contribution in [0.4, 0.5) is 19.0 Å². The molecule has 1 aromatic carbocycles. The maximum absolute atomic E-state index is 13.0. The van der Waals surface area contributed by atoms with E-state index in [0.717, 1.165) is 11.6 Å². The van der Waals surface area contributed by atoms with E-state index in [1.165, 1.54) is 12.1 Å². The summed E-state index contributed by atoms with van der Waals surface area (Å²) in [5.41, 5.74) is 0.497. The Morgan fingerprint density at radius 2 is 1.96 bits per heavy atom. The van der Waals surface area contributed by atoms with Crippen molar-refractivity contribution in [1.82, 2.24) is 4.98 Å². The summed E-state index contributed by atoms with van der Waals surface area (Å²) in [6.45, 7) is 1.88. The lowest BCUT2D eigenvalue weighted by atomic mass is 10.0. The Morgan fingerprint density at radius 1 is 1.22 bits per heavy atom. The number of hydrogen-bond donors (Lipinski definition) is 1. The van der Waals surface area contributed by atoms with Crippen molar-refractivity contribution >= 4 is 11.7 Å². The Hall–Kier alpha value is -2.37. The van der Waals surface area contributed by atoms with Gasteiger partial charge in [-0.1, -0.05) is 24.3 Å². The van der Waals surface area contributed by atoms with Gasteiger partial charge in [0.1, 0.15) is 5.82 Å². The van der Waals surface area contributed by atoms with Crippen LogP contribution in [0.25, 0.3) is 0 Å². The molecular weight excluding hydrogens is 305 g/mol. The average Bonchev–Trinajstić information content (AvgIpc) is 3.29. The van der Waals surface area contributed by atoms with Crippen molar-refractivity contribution in [3.05, 3.63) is 59.3 Å². The Morgan fingerprint density at radius 3 is 2.61 bits per heavy atom. The van der Waals surface area contributed by atoms with Gasteiger partial charge in [-0.15, -0.1) is 0 Å². The van der Waals surface area contributed by atoms with Crippen LogP contribution < -0.4 is 5.32 Å². The van der Waals surface area contributed by atoms with E-state index in [2.05, 4.69) is 10.3 Å². The van der Waals surface area contributed by atoms with Crippen LogP contribution >= 0.6 is 0 Å². The Labute approximate surface area is 131 Å². The fourth-order valence-electron chi connectivity index (χ4n) is 2.67. The molecule has 6 heteroatoms. The van der Waals surface area contributed by atoms with Gasteiger partial charge in [0.25, 0.3) is 0 Å². The highest BCUT2D eigenvalue weighted by molar-refractivity contribution is 5.94. The van der Waals surface area contributed by atoms with E-state index in [1.54, 1.807) is 18.3 Å². The zero-order valence-electron chi connectivity index (χ0n) is 12.4. The molecule has 23 heavy (non-hydrogen) atoms. The molecule has 3 nitrogen and oxygen atoms in total. The molecule has 1 N–H and O–H groups in total. The van der Waals surface area contributed by atoms with Crippen molar-refractivity contribution in [2.45, 2.75) is 25.4 Å². The number of pyridine rings is 1. The van der Waals surface area contributed by atoms with Crippen LogP contribution in [0.3, 0.4) is 0 Å². The van der Waals surface area contributed by atoms with E-state index in [4.69, 9.17) is 0 Å². The molecule has 0 radical (unpaired) electrons. The molecule has 1 amide bonds. The molecular formula is C17H15F3N2O. The molecule has 2 unspecified atom stereocenters. The van der Waals surface area contributed by atoms with Gasteiger partial charge in [0.15, 0.2) is 0 Å². The number of hydrogen-bond acceptors (Lipinski definition) is 2. The van der Waals surface area contributed by atoms with E-state index in [9.17, 15) is 18.0 Å². The topological polar surface area (TPSA) is 42.0 Å². The number of anilines is 1. The number of benzene rings is 1. The predicted octanol–water partition coefficient (Wildman–Crippen LogP) is 4.15. The fraction of sp³-hybridized carbons (Fsp3) is 0.294. The Bertz CT molecular complexity index is 725. The third kappa shape index (κ3) is 3.36. The van der Waals surface area contributed by atoms with Gasteiger partial charge in [-0.25, -0.2) is 4.98 Å². The number of aryl methyl sites for hydroxylation is 1. The summed E-state index contributed by atoms with van der Waals surface area (Å²) in [7, 11) is 0. The van der Waals surface area contributed by atoms with Gasteiger partial charge in [0.2, 0.25) is 5.91 Å². The number of nitrogens with zero attached hydrogens (tertiary/aromatic N) is 1. The number of aromatic nitrogens is 1. The van der Waals surface area contributed by atoms with Gasteiger partial charge in [-0.2, -0.15) is 13.2 Å². The number of halogens is 3. The van der Waals surface area contributed by atoms with E-state index in [0.29, 0.717) is 12.2 Å². The van der Waals surface area contributed by atoms with Gasteiger partial charge in [-0.3, -0.25) is 4.79 Å². The molecule has 1 fully saturated rings. The van der Waals surface area contributed by atoms with Gasteiger partial charge in [0, 0.05) is 12.1 Å². The minimum atomic E-state index is -4.40. The molecule has 120 valence electrons. The van der Waals surface area contributed by atoms with Crippen molar-refractivity contribution in [2.24, 2.45) is 5.92 Å². The first-order valence-electron chi connectivity index (χ1n) is 7.26. The smallest absolute Gasteiger partial charge is 0.310 e. The van der Waals surface area contributed by atoms with Crippen LogP contribution in [0.15, 0.2) is 42.6 Å². The summed E-state index contributed by atoms with van der Waals surface area (Å²) < 4.78 is 39.1. The van der Waals surface area contributed by atoms with E-state index in [-0.39, 0.29) is 11.5 Å². The molecule has 2 aromatic rings. The van der Waals surface area contributed by atoms with Crippen LogP contribution in [-0.2, 0) is 11.0 Å². The first-order chi connectivity index (χ1) is 10.9. The van der Waals surface area contributed by atoms with Gasteiger partial charge < -0.3 is 5.32 Å². The average molecular weight is 320 g/mol. The van der Waals surface area contributed by atoms with E-state index >= 15 is 0 Å². The van der Waals surface area contributed by atoms with Gasteiger partial charge in [-0.05, 0) is 42.5 Å². The molecule has 2 atom stereocenters. The maximum atomic E-state index is 13.0. The normalized spacial score (nSPS) is 20.2. The van der Waals surface area contributed by atoms with Crippen molar-refractivity contribution in [2.75, 3.05) is 5.32 Å². The van der Waals surface area contributed by atoms with Crippen LogP contribution in [0, 0.1) is 12.8 Å². The number of rotatable bonds is 3. The number of alkyl halides is 3. The number of amides is 1. The van der Waals surface area contributed by atoms with E-state index < -0.39 is 23.6 Å². The van der Waals surface area contributed by atoms with Crippen molar-refractivity contribution < 1.29 is 18.0 Å². The highest BCUT2D eigenvalue weighted by atomic mass is 19.4. The fourth-order valence-corrected chi connectivity index (χ4v) is 2.67. The largest absolute Gasteiger partial charge is 0.416 e. The Kier molecular flexibility index (Phi) is 3.83. The summed E-state index contributed by atoms with van der Waals surface area (Å²) in [4.78, 5) is 16.2. The zero-order chi connectivity index (χ0) is 16.6. The standard InChI is InChI=1S/C17H15F3N2O/c1-10-6-7-15(21-9-10)22-16(23)13-8-12(13)11-4-2-3-5-14(11)17(18,19)20/h2-7,9,12-13H,8H2,1H3,(H,21,22,23). The SMILES string of the molecule is Cc1ccc(NC(=O)C2CC2c2ccccc2C(F)(F)F)nc1. The van der Waals surface area contributed by atoms with Crippen LogP contribution in [0.2, 0.25) is 0 Å². The molecule has 0 bridgehead atoms. The summed E-state index contributed by atoms with van der Waals surface area (Å²) >= 11 is 0. The third-order valence-electron chi connectivity index (χ3n) is 3.96. The van der Waals surface area contributed by atoms with Crippen molar-refractivity contribution in [3.8, 4) is 0 Å². The summed E-state index contributed by atoms with van der Waals surface area (Å²) in [6, 6.07) is 8.93. The van der Waals surface area contributed by atoms with Gasteiger partial charge in [0.05, 0.1) is 5.56 Å². The van der Waals surface area contributed by atoms with Crippen LogP contribution in [-0.4, -0.2) is 10.9 Å². The lowest BCUT2D eigenvalue weighted by molar-refractivity contribution is -0.138. The maximum Gasteiger partial charge on any atom is 0.416 e. The molecule has 3 rings (SSSR count).